The van der Waals surface area contributed by atoms with Crippen LogP contribution in [0.1, 0.15) is 15.9 Å². The molecule has 0 aliphatic heterocycles. The minimum atomic E-state index is -0.660. The number of carbonyl (C=O) groups excluding carboxylic acids is 1. The number of carbonyl (C=O) groups is 1. The topological polar surface area (TPSA) is 87.7 Å². The Labute approximate surface area is 131 Å². The highest BCUT2D eigenvalue weighted by Crippen LogP contribution is 2.20. The van der Waals surface area contributed by atoms with E-state index in [0.717, 1.165) is 8.95 Å². The summed E-state index contributed by atoms with van der Waals surface area (Å²) in [6, 6.07) is 5.61. The van der Waals surface area contributed by atoms with Crippen molar-refractivity contribution in [2.24, 2.45) is 10.9 Å². The SMILES string of the molecule is N/C(=N/O)c1ccc(NC(=O)c2csc(I)c2)c(F)c1. The van der Waals surface area contributed by atoms with Gasteiger partial charge >= 0.3 is 0 Å². The van der Waals surface area contributed by atoms with Gasteiger partial charge < -0.3 is 16.3 Å². The summed E-state index contributed by atoms with van der Waals surface area (Å²) < 4.78 is 14.8. The molecular weight excluding hydrogens is 396 g/mol. The number of anilines is 1. The third-order valence-electron chi connectivity index (χ3n) is 2.45. The molecule has 20 heavy (non-hydrogen) atoms. The zero-order chi connectivity index (χ0) is 14.7. The van der Waals surface area contributed by atoms with E-state index in [1.807, 2.05) is 0 Å². The van der Waals surface area contributed by atoms with Crippen molar-refractivity contribution in [3.63, 3.8) is 0 Å². The van der Waals surface area contributed by atoms with Crippen molar-refractivity contribution in [1.82, 2.24) is 0 Å². The first kappa shape index (κ1) is 14.7. The zero-order valence-corrected chi connectivity index (χ0v) is 12.9. The Morgan fingerprint density at radius 3 is 2.70 bits per heavy atom. The van der Waals surface area contributed by atoms with Crippen LogP contribution in [0.2, 0.25) is 0 Å². The van der Waals surface area contributed by atoms with Gasteiger partial charge in [0.2, 0.25) is 0 Å². The quantitative estimate of drug-likeness (QED) is 0.241. The summed E-state index contributed by atoms with van der Waals surface area (Å²) in [5.41, 5.74) is 6.09. The van der Waals surface area contributed by atoms with E-state index in [1.165, 1.54) is 23.5 Å². The predicted octanol–water partition coefficient (Wildman–Crippen LogP) is 2.84. The molecule has 5 nitrogen and oxygen atoms in total. The average molecular weight is 405 g/mol. The van der Waals surface area contributed by atoms with E-state index >= 15 is 0 Å². The number of benzene rings is 1. The molecule has 104 valence electrons. The summed E-state index contributed by atoms with van der Waals surface area (Å²) in [7, 11) is 0. The molecular formula is C12H9FIN3O2S. The monoisotopic (exact) mass is 405 g/mol. The molecule has 0 radical (unpaired) electrons. The Morgan fingerprint density at radius 2 is 2.15 bits per heavy atom. The molecule has 0 spiro atoms. The van der Waals surface area contributed by atoms with Crippen LogP contribution in [0.5, 0.6) is 0 Å². The van der Waals surface area contributed by atoms with Gasteiger partial charge in [-0.1, -0.05) is 5.16 Å². The minimum Gasteiger partial charge on any atom is -0.409 e. The standard InChI is InChI=1S/C12H9FIN3O2S/c13-8-3-6(11(15)17-19)1-2-9(8)16-12(18)7-4-10(14)20-5-7/h1-5,19H,(H2,15,17)(H,16,18). The fourth-order valence-electron chi connectivity index (χ4n) is 1.46. The molecule has 0 unspecified atom stereocenters. The molecule has 4 N–H and O–H groups in total. The number of nitrogens with zero attached hydrogens (tertiary/aromatic N) is 1. The van der Waals surface area contributed by atoms with Crippen LogP contribution in [-0.2, 0) is 0 Å². The molecule has 1 aromatic heterocycles. The van der Waals surface area contributed by atoms with Crippen molar-refractivity contribution >= 4 is 51.4 Å². The number of rotatable bonds is 3. The smallest absolute Gasteiger partial charge is 0.256 e. The van der Waals surface area contributed by atoms with Crippen LogP contribution in [0.4, 0.5) is 10.1 Å². The van der Waals surface area contributed by atoms with Gasteiger partial charge in [0.25, 0.3) is 5.91 Å². The lowest BCUT2D eigenvalue weighted by molar-refractivity contribution is 0.102. The second kappa shape index (κ2) is 6.18. The Morgan fingerprint density at radius 1 is 1.40 bits per heavy atom. The van der Waals surface area contributed by atoms with Crippen molar-refractivity contribution in [2.45, 2.75) is 0 Å². The summed E-state index contributed by atoms with van der Waals surface area (Å²) in [4.78, 5) is 11.9. The number of hydrogen-bond donors (Lipinski definition) is 3. The van der Waals surface area contributed by atoms with Gasteiger partial charge in [-0.25, -0.2) is 4.39 Å². The van der Waals surface area contributed by atoms with Crippen LogP contribution in [0.3, 0.4) is 0 Å². The third-order valence-corrected chi connectivity index (χ3v) is 4.24. The zero-order valence-electron chi connectivity index (χ0n) is 9.93. The van der Waals surface area contributed by atoms with E-state index in [-0.39, 0.29) is 23.0 Å². The Bertz CT molecular complexity index is 687. The Hall–Kier alpha value is -1.68. The molecule has 0 atom stereocenters. The molecule has 0 fully saturated rings. The fraction of sp³-hybridized carbons (Fsp3) is 0. The number of nitrogens with one attached hydrogen (secondary N) is 1. The molecule has 1 amide bonds. The fourth-order valence-corrected chi connectivity index (χ4v) is 2.78. The summed E-state index contributed by atoms with van der Waals surface area (Å²) in [5, 5.41) is 15.5. The number of thiophene rings is 1. The van der Waals surface area contributed by atoms with Crippen molar-refractivity contribution in [3.8, 4) is 0 Å². The minimum absolute atomic E-state index is 0.0331. The molecule has 2 aromatic rings. The molecule has 0 bridgehead atoms. The number of oxime groups is 1. The first-order chi connectivity index (χ1) is 9.51. The van der Waals surface area contributed by atoms with Crippen LogP contribution in [0.25, 0.3) is 0 Å². The Kier molecular flexibility index (Phi) is 4.55. The van der Waals surface area contributed by atoms with E-state index < -0.39 is 5.82 Å². The van der Waals surface area contributed by atoms with E-state index in [0.29, 0.717) is 5.56 Å². The van der Waals surface area contributed by atoms with Gasteiger partial charge in [-0.05, 0) is 46.9 Å². The highest BCUT2D eigenvalue weighted by atomic mass is 127. The predicted molar refractivity (Wildman–Crippen MR) is 83.9 cm³/mol. The summed E-state index contributed by atoms with van der Waals surface area (Å²) in [5.74, 6) is -1.25. The van der Waals surface area contributed by atoms with Crippen molar-refractivity contribution in [1.29, 1.82) is 0 Å². The second-order valence-electron chi connectivity index (χ2n) is 3.77. The molecule has 0 aliphatic carbocycles. The summed E-state index contributed by atoms with van der Waals surface area (Å²) in [6.07, 6.45) is 0. The molecule has 1 heterocycles. The van der Waals surface area contributed by atoms with Crippen molar-refractivity contribution in [3.05, 3.63) is 49.5 Å². The van der Waals surface area contributed by atoms with Gasteiger partial charge in [0.15, 0.2) is 5.84 Å². The maximum absolute atomic E-state index is 13.8. The van der Waals surface area contributed by atoms with E-state index in [9.17, 15) is 9.18 Å². The number of nitrogens with two attached hydrogens (primary N) is 1. The molecule has 8 heteroatoms. The molecule has 2 rings (SSSR count). The van der Waals surface area contributed by atoms with Crippen molar-refractivity contribution in [2.75, 3.05) is 5.32 Å². The maximum Gasteiger partial charge on any atom is 0.256 e. The summed E-state index contributed by atoms with van der Waals surface area (Å²) >= 11 is 3.53. The van der Waals surface area contributed by atoms with Gasteiger partial charge in [0, 0.05) is 10.9 Å². The molecule has 0 saturated carbocycles. The molecule has 1 aromatic carbocycles. The first-order valence-corrected chi connectivity index (χ1v) is 7.30. The van der Waals surface area contributed by atoms with Crippen LogP contribution < -0.4 is 11.1 Å². The maximum atomic E-state index is 13.8. The van der Waals surface area contributed by atoms with Crippen LogP contribution in [0.15, 0.2) is 34.8 Å². The van der Waals surface area contributed by atoms with Crippen LogP contribution in [-0.4, -0.2) is 17.0 Å². The lowest BCUT2D eigenvalue weighted by Crippen LogP contribution is -2.15. The van der Waals surface area contributed by atoms with Crippen LogP contribution >= 0.6 is 33.9 Å². The third kappa shape index (κ3) is 3.25. The number of amides is 1. The van der Waals surface area contributed by atoms with Gasteiger partial charge in [0.05, 0.1) is 14.1 Å². The number of hydrogen-bond acceptors (Lipinski definition) is 4. The highest BCUT2D eigenvalue weighted by molar-refractivity contribution is 14.1. The average Bonchev–Trinajstić information content (AvgIpc) is 2.86. The lowest BCUT2D eigenvalue weighted by Gasteiger charge is -2.06. The van der Waals surface area contributed by atoms with Gasteiger partial charge in [-0.3, -0.25) is 4.79 Å². The van der Waals surface area contributed by atoms with E-state index in [4.69, 9.17) is 10.9 Å². The summed E-state index contributed by atoms with van der Waals surface area (Å²) in [6.45, 7) is 0. The van der Waals surface area contributed by atoms with Crippen LogP contribution in [0, 0.1) is 8.70 Å². The number of halogens is 2. The normalized spacial score (nSPS) is 11.4. The lowest BCUT2D eigenvalue weighted by atomic mass is 10.1. The van der Waals surface area contributed by atoms with Crippen molar-refractivity contribution < 1.29 is 14.4 Å². The van der Waals surface area contributed by atoms with E-state index in [2.05, 4.69) is 33.1 Å². The van der Waals surface area contributed by atoms with E-state index in [1.54, 1.807) is 11.4 Å². The largest absolute Gasteiger partial charge is 0.409 e. The number of amidine groups is 1. The Balaban J connectivity index is 2.20. The second-order valence-corrected chi connectivity index (χ2v) is 6.58. The first-order valence-electron chi connectivity index (χ1n) is 5.34. The van der Waals surface area contributed by atoms with Gasteiger partial charge in [0.1, 0.15) is 5.82 Å². The van der Waals surface area contributed by atoms with Gasteiger partial charge in [-0.2, -0.15) is 0 Å². The van der Waals surface area contributed by atoms with Gasteiger partial charge in [-0.15, -0.1) is 11.3 Å². The highest BCUT2D eigenvalue weighted by Gasteiger charge is 2.12. The molecule has 0 saturated heterocycles. The molecule has 0 aliphatic rings.